The fourth-order valence-electron chi connectivity index (χ4n) is 4.19. The molecule has 1 aromatic carbocycles. The standard InChI is InChI=1S/C23H30FN5O5/c1-17-25-18(2)29(26-17)14-22(31)28-9-12-34-23(15-28,13-21(30)27-7-10-32-11-8-27)16-33-20-5-3-19(24)4-6-20/h3-6H,7-16H2,1-2H3/t23-/m0/s1. The van der Waals surface area contributed by atoms with Gasteiger partial charge in [0, 0.05) is 19.6 Å². The summed E-state index contributed by atoms with van der Waals surface area (Å²) in [6, 6.07) is 5.66. The van der Waals surface area contributed by atoms with Gasteiger partial charge in [0.15, 0.2) is 0 Å². The first-order chi connectivity index (χ1) is 16.3. The molecule has 2 aromatic rings. The Hall–Kier alpha value is -3.05. The van der Waals surface area contributed by atoms with Crippen molar-refractivity contribution in [2.24, 2.45) is 0 Å². The third kappa shape index (κ3) is 5.89. The molecule has 2 aliphatic heterocycles. The number of morpholine rings is 2. The van der Waals surface area contributed by atoms with Crippen LogP contribution in [-0.2, 0) is 25.6 Å². The van der Waals surface area contributed by atoms with Crippen molar-refractivity contribution in [3.8, 4) is 5.75 Å². The molecule has 3 heterocycles. The number of halogens is 1. The van der Waals surface area contributed by atoms with Crippen molar-refractivity contribution in [2.75, 3.05) is 52.6 Å². The summed E-state index contributed by atoms with van der Waals surface area (Å²) in [5.41, 5.74) is -1.04. The van der Waals surface area contributed by atoms with E-state index in [2.05, 4.69) is 10.1 Å². The van der Waals surface area contributed by atoms with Gasteiger partial charge in [0.25, 0.3) is 0 Å². The third-order valence-electron chi connectivity index (χ3n) is 6.00. The summed E-state index contributed by atoms with van der Waals surface area (Å²) in [6.07, 6.45) is 0.0550. The van der Waals surface area contributed by atoms with E-state index in [9.17, 15) is 14.0 Å². The maximum Gasteiger partial charge on any atom is 0.244 e. The molecule has 0 aliphatic carbocycles. The van der Waals surface area contributed by atoms with Crippen molar-refractivity contribution in [3.05, 3.63) is 41.7 Å². The van der Waals surface area contributed by atoms with Crippen LogP contribution in [0.4, 0.5) is 4.39 Å². The first-order valence-electron chi connectivity index (χ1n) is 11.4. The average Bonchev–Trinajstić information content (AvgIpc) is 3.15. The zero-order valence-corrected chi connectivity index (χ0v) is 19.5. The molecule has 0 radical (unpaired) electrons. The number of aryl methyl sites for hydroxylation is 2. The van der Waals surface area contributed by atoms with E-state index in [0.717, 1.165) is 0 Å². The third-order valence-corrected chi connectivity index (χ3v) is 6.00. The highest BCUT2D eigenvalue weighted by atomic mass is 19.1. The van der Waals surface area contributed by atoms with Crippen LogP contribution in [-0.4, -0.2) is 94.6 Å². The number of benzene rings is 1. The molecule has 0 saturated carbocycles. The molecule has 2 saturated heterocycles. The Morgan fingerprint density at radius 3 is 2.44 bits per heavy atom. The summed E-state index contributed by atoms with van der Waals surface area (Å²) < 4.78 is 32.2. The highest BCUT2D eigenvalue weighted by Gasteiger charge is 2.42. The largest absolute Gasteiger partial charge is 0.490 e. The molecule has 184 valence electrons. The van der Waals surface area contributed by atoms with E-state index >= 15 is 0 Å². The Morgan fingerprint density at radius 1 is 1.06 bits per heavy atom. The van der Waals surface area contributed by atoms with Crippen LogP contribution in [0.15, 0.2) is 24.3 Å². The number of hydrogen-bond donors (Lipinski definition) is 0. The number of carbonyl (C=O) groups excluding carboxylic acids is 2. The van der Waals surface area contributed by atoms with Crippen LogP contribution in [0.5, 0.6) is 5.75 Å². The predicted octanol–water partition coefficient (Wildman–Crippen LogP) is 0.960. The van der Waals surface area contributed by atoms with Crippen molar-refractivity contribution in [2.45, 2.75) is 32.4 Å². The van der Waals surface area contributed by atoms with Crippen LogP contribution in [0.1, 0.15) is 18.1 Å². The minimum absolute atomic E-state index is 0.0416. The molecule has 0 unspecified atom stereocenters. The van der Waals surface area contributed by atoms with Gasteiger partial charge in [-0.05, 0) is 38.1 Å². The van der Waals surface area contributed by atoms with Gasteiger partial charge < -0.3 is 24.0 Å². The molecule has 1 aromatic heterocycles. The minimum atomic E-state index is -1.04. The van der Waals surface area contributed by atoms with Gasteiger partial charge in [0.05, 0.1) is 32.8 Å². The lowest BCUT2D eigenvalue weighted by molar-refractivity contribution is -0.167. The van der Waals surface area contributed by atoms with Crippen LogP contribution in [0.2, 0.25) is 0 Å². The van der Waals surface area contributed by atoms with Crippen LogP contribution < -0.4 is 4.74 Å². The number of ether oxygens (including phenoxy) is 3. The second-order valence-corrected chi connectivity index (χ2v) is 8.62. The molecule has 0 N–H and O–H groups in total. The number of rotatable bonds is 7. The SMILES string of the molecule is Cc1nc(C)n(CC(=O)N2CCO[C@@](COc3ccc(F)cc3)(CC(=O)N3CCOCC3)C2)n1. The summed E-state index contributed by atoms with van der Waals surface area (Å²) >= 11 is 0. The van der Waals surface area contributed by atoms with Crippen LogP contribution in [0.25, 0.3) is 0 Å². The Kier molecular flexibility index (Phi) is 7.42. The highest BCUT2D eigenvalue weighted by molar-refractivity contribution is 5.78. The Morgan fingerprint density at radius 2 is 1.76 bits per heavy atom. The first kappa shape index (κ1) is 24.1. The Balaban J connectivity index is 1.49. The van der Waals surface area contributed by atoms with Gasteiger partial charge in [0.1, 0.15) is 42.0 Å². The monoisotopic (exact) mass is 475 g/mol. The molecule has 1 atom stereocenters. The van der Waals surface area contributed by atoms with Crippen LogP contribution >= 0.6 is 0 Å². The van der Waals surface area contributed by atoms with Gasteiger partial charge in [-0.1, -0.05) is 0 Å². The summed E-state index contributed by atoms with van der Waals surface area (Å²) in [6.45, 7) is 6.55. The van der Waals surface area contributed by atoms with Crippen molar-refractivity contribution in [1.29, 1.82) is 0 Å². The first-order valence-corrected chi connectivity index (χ1v) is 11.4. The number of aromatic nitrogens is 3. The van der Waals surface area contributed by atoms with Crippen LogP contribution in [0.3, 0.4) is 0 Å². The summed E-state index contributed by atoms with van der Waals surface area (Å²) in [4.78, 5) is 33.9. The molecule has 11 heteroatoms. The normalized spacial score (nSPS) is 20.9. The fraction of sp³-hybridized carbons (Fsp3) is 0.565. The second kappa shape index (κ2) is 10.5. The molecule has 0 bridgehead atoms. The maximum atomic E-state index is 13.3. The molecule has 0 spiro atoms. The quantitative estimate of drug-likeness (QED) is 0.588. The van der Waals surface area contributed by atoms with Crippen molar-refractivity contribution in [3.63, 3.8) is 0 Å². The number of hydrogen-bond acceptors (Lipinski definition) is 7. The Bertz CT molecular complexity index is 1010. The number of amides is 2. The summed E-state index contributed by atoms with van der Waals surface area (Å²) in [5, 5.41) is 4.27. The fourth-order valence-corrected chi connectivity index (χ4v) is 4.19. The lowest BCUT2D eigenvalue weighted by Crippen LogP contribution is -2.59. The summed E-state index contributed by atoms with van der Waals surface area (Å²) in [5.74, 6) is 1.14. The van der Waals surface area contributed by atoms with Gasteiger partial charge >= 0.3 is 0 Å². The van der Waals surface area contributed by atoms with E-state index in [-0.39, 0.29) is 50.4 Å². The molecule has 2 fully saturated rings. The van der Waals surface area contributed by atoms with E-state index in [0.29, 0.717) is 50.2 Å². The zero-order valence-electron chi connectivity index (χ0n) is 19.5. The highest BCUT2D eigenvalue weighted by Crippen LogP contribution is 2.26. The lowest BCUT2D eigenvalue weighted by Gasteiger charge is -2.43. The van der Waals surface area contributed by atoms with Gasteiger partial charge in [-0.3, -0.25) is 9.59 Å². The molecular weight excluding hydrogens is 445 g/mol. The second-order valence-electron chi connectivity index (χ2n) is 8.62. The van der Waals surface area contributed by atoms with Gasteiger partial charge in [-0.25, -0.2) is 14.1 Å². The van der Waals surface area contributed by atoms with E-state index in [4.69, 9.17) is 14.2 Å². The molecule has 2 amide bonds. The molecule has 10 nitrogen and oxygen atoms in total. The Labute approximate surface area is 197 Å². The van der Waals surface area contributed by atoms with E-state index in [1.54, 1.807) is 28.3 Å². The van der Waals surface area contributed by atoms with Gasteiger partial charge in [-0.15, -0.1) is 0 Å². The molecule has 2 aliphatic rings. The summed E-state index contributed by atoms with van der Waals surface area (Å²) in [7, 11) is 0. The minimum Gasteiger partial charge on any atom is -0.490 e. The number of nitrogens with zero attached hydrogens (tertiary/aromatic N) is 5. The van der Waals surface area contributed by atoms with E-state index in [1.807, 2.05) is 0 Å². The smallest absolute Gasteiger partial charge is 0.244 e. The van der Waals surface area contributed by atoms with E-state index < -0.39 is 5.60 Å². The zero-order chi connectivity index (χ0) is 24.1. The lowest BCUT2D eigenvalue weighted by atomic mass is 9.96. The average molecular weight is 476 g/mol. The molecule has 4 rings (SSSR count). The van der Waals surface area contributed by atoms with Crippen molar-refractivity contribution in [1.82, 2.24) is 24.6 Å². The molecule has 34 heavy (non-hydrogen) atoms. The molecular formula is C23H30FN5O5. The number of carbonyl (C=O) groups is 2. The van der Waals surface area contributed by atoms with Crippen molar-refractivity contribution < 1.29 is 28.2 Å². The van der Waals surface area contributed by atoms with Gasteiger partial charge in [-0.2, -0.15) is 5.10 Å². The van der Waals surface area contributed by atoms with Crippen molar-refractivity contribution >= 4 is 11.8 Å². The predicted molar refractivity (Wildman–Crippen MR) is 119 cm³/mol. The maximum absolute atomic E-state index is 13.3. The van der Waals surface area contributed by atoms with Crippen LogP contribution in [0, 0.1) is 19.7 Å². The topological polar surface area (TPSA) is 99.0 Å². The van der Waals surface area contributed by atoms with Gasteiger partial charge in [0.2, 0.25) is 11.8 Å². The van der Waals surface area contributed by atoms with E-state index in [1.165, 1.54) is 24.3 Å².